The molecule has 0 saturated carbocycles. The molecule has 2 N–H and O–H groups in total. The number of ether oxygens (including phenoxy) is 1. The van der Waals surface area contributed by atoms with Crippen LogP contribution >= 0.6 is 0 Å². The van der Waals surface area contributed by atoms with Crippen LogP contribution in [-0.4, -0.2) is 63.9 Å². The molecule has 66 valence electrons. The first-order valence-corrected chi connectivity index (χ1v) is 3.06. The number of hydrogen-bond acceptors (Lipinski definition) is 5. The molecule has 0 aromatic rings. The summed E-state index contributed by atoms with van der Waals surface area (Å²) in [6, 6.07) is 0. The molecule has 12 heavy (non-hydrogen) atoms. The minimum atomic E-state index is -1.35. The van der Waals surface area contributed by atoms with E-state index in [0.29, 0.717) is 0 Å². The van der Waals surface area contributed by atoms with Gasteiger partial charge in [0, 0.05) is 0 Å². The van der Waals surface area contributed by atoms with Gasteiger partial charge in [0.1, 0.15) is 12.2 Å². The average Bonchev–Trinajstić information content (AvgIpc) is 1.87. The molecule has 0 aromatic carbocycles. The van der Waals surface area contributed by atoms with Crippen LogP contribution in [-0.2, 0) is 14.3 Å². The van der Waals surface area contributed by atoms with Crippen LogP contribution < -0.4 is 0 Å². The number of aliphatic hydroxyl groups excluding tert-OH is 2. The summed E-state index contributed by atoms with van der Waals surface area (Å²) in [5.41, 5.74) is 0. The van der Waals surface area contributed by atoms with Gasteiger partial charge < -0.3 is 14.9 Å². The topological polar surface area (TPSA) is 83.8 Å². The van der Waals surface area contributed by atoms with Gasteiger partial charge in [0.15, 0.2) is 0 Å². The van der Waals surface area contributed by atoms with Crippen LogP contribution in [0.3, 0.4) is 0 Å². The molecule has 0 aliphatic heterocycles. The maximum absolute atomic E-state index is 10.5. The standard InChI is InChI=1S/C6H10O5.Na.H/c1-3(7)5(9)11-6(10)4(2)8;;/h3-4,7-8H,1-2H3;;. The number of aliphatic hydroxyl groups is 2. The van der Waals surface area contributed by atoms with Crippen molar-refractivity contribution < 1.29 is 24.5 Å². The molecule has 0 aromatic heterocycles. The maximum atomic E-state index is 10.5. The molecule has 0 rings (SSSR count). The Labute approximate surface area is 92.0 Å². The van der Waals surface area contributed by atoms with Crippen LogP contribution in [0.5, 0.6) is 0 Å². The van der Waals surface area contributed by atoms with Crippen LogP contribution in [0, 0.1) is 0 Å². The van der Waals surface area contributed by atoms with Gasteiger partial charge in [-0.3, -0.25) is 0 Å². The Morgan fingerprint density at radius 3 is 1.50 bits per heavy atom. The zero-order valence-electron chi connectivity index (χ0n) is 6.27. The minimum absolute atomic E-state index is 0. The molecule has 0 bridgehead atoms. The molecule has 0 heterocycles. The number of carbonyl (C=O) groups excluding carboxylic acids is 2. The first-order valence-electron chi connectivity index (χ1n) is 3.06. The van der Waals surface area contributed by atoms with E-state index in [9.17, 15) is 9.59 Å². The molecule has 5 nitrogen and oxygen atoms in total. The van der Waals surface area contributed by atoms with Crippen molar-refractivity contribution in [3.8, 4) is 0 Å². The Morgan fingerprint density at radius 2 is 1.33 bits per heavy atom. The van der Waals surface area contributed by atoms with Gasteiger partial charge in [0.05, 0.1) is 0 Å². The molecule has 0 amide bonds. The number of rotatable bonds is 2. The second-order valence-electron chi connectivity index (χ2n) is 2.09. The van der Waals surface area contributed by atoms with Crippen molar-refractivity contribution in [1.29, 1.82) is 0 Å². The average molecular weight is 186 g/mol. The quantitative estimate of drug-likeness (QED) is 0.301. The van der Waals surface area contributed by atoms with Crippen LogP contribution in [0.1, 0.15) is 13.8 Å². The Morgan fingerprint density at radius 1 is 1.08 bits per heavy atom. The third-order valence-electron chi connectivity index (χ3n) is 0.883. The molecule has 0 saturated heterocycles. The zero-order valence-corrected chi connectivity index (χ0v) is 6.27. The summed E-state index contributed by atoms with van der Waals surface area (Å²) in [4.78, 5) is 20.9. The summed E-state index contributed by atoms with van der Waals surface area (Å²) in [6.45, 7) is 2.33. The van der Waals surface area contributed by atoms with Gasteiger partial charge in [-0.1, -0.05) is 0 Å². The van der Waals surface area contributed by atoms with Gasteiger partial charge in [0.2, 0.25) is 0 Å². The molecule has 0 radical (unpaired) electrons. The first-order chi connectivity index (χ1) is 4.95. The van der Waals surface area contributed by atoms with Gasteiger partial charge >= 0.3 is 41.5 Å². The molecular formula is C6H11NaO5. The molecule has 0 aliphatic carbocycles. The molecule has 2 unspecified atom stereocenters. The van der Waals surface area contributed by atoms with E-state index in [4.69, 9.17) is 10.2 Å². The summed E-state index contributed by atoms with van der Waals surface area (Å²) >= 11 is 0. The van der Waals surface area contributed by atoms with E-state index in [1.807, 2.05) is 0 Å². The first kappa shape index (κ1) is 14.6. The van der Waals surface area contributed by atoms with Crippen molar-refractivity contribution in [3.05, 3.63) is 0 Å². The van der Waals surface area contributed by atoms with E-state index in [1.54, 1.807) is 0 Å². The van der Waals surface area contributed by atoms with Crippen molar-refractivity contribution in [3.63, 3.8) is 0 Å². The van der Waals surface area contributed by atoms with Crippen molar-refractivity contribution >= 4 is 41.5 Å². The monoisotopic (exact) mass is 186 g/mol. The van der Waals surface area contributed by atoms with E-state index in [1.165, 1.54) is 0 Å². The zero-order chi connectivity index (χ0) is 9.02. The molecule has 6 heteroatoms. The van der Waals surface area contributed by atoms with E-state index in [2.05, 4.69) is 4.74 Å². The predicted octanol–water partition coefficient (Wildman–Crippen LogP) is -1.83. The second-order valence-corrected chi connectivity index (χ2v) is 2.09. The van der Waals surface area contributed by atoms with Gasteiger partial charge in [-0.05, 0) is 13.8 Å². The fraction of sp³-hybridized carbons (Fsp3) is 0.667. The fourth-order valence-electron chi connectivity index (χ4n) is 0.270. The molecule has 0 aliphatic rings. The van der Waals surface area contributed by atoms with Crippen LogP contribution in [0.2, 0.25) is 0 Å². The van der Waals surface area contributed by atoms with Gasteiger partial charge in [0.25, 0.3) is 0 Å². The molecular weight excluding hydrogens is 175 g/mol. The van der Waals surface area contributed by atoms with E-state index in [0.717, 1.165) is 13.8 Å². The summed E-state index contributed by atoms with van der Waals surface area (Å²) in [7, 11) is 0. The SMILES string of the molecule is CC(O)C(=O)OC(=O)C(C)O.[NaH]. The normalized spacial score (nSPS) is 14.0. The van der Waals surface area contributed by atoms with Gasteiger partial charge in [-0.2, -0.15) is 0 Å². The van der Waals surface area contributed by atoms with E-state index >= 15 is 0 Å². The molecule has 2 atom stereocenters. The third kappa shape index (κ3) is 5.68. The Hall–Kier alpha value is 0.0600. The van der Waals surface area contributed by atoms with E-state index < -0.39 is 24.1 Å². The van der Waals surface area contributed by atoms with Crippen molar-refractivity contribution in [2.75, 3.05) is 0 Å². The third-order valence-corrected chi connectivity index (χ3v) is 0.883. The Bertz CT molecular complexity index is 147. The number of hydrogen-bond donors (Lipinski definition) is 2. The Kier molecular flexibility index (Phi) is 7.97. The predicted molar refractivity (Wildman–Crippen MR) is 41.6 cm³/mol. The van der Waals surface area contributed by atoms with Crippen LogP contribution in [0.25, 0.3) is 0 Å². The molecule has 0 fully saturated rings. The van der Waals surface area contributed by atoms with Crippen LogP contribution in [0.15, 0.2) is 0 Å². The number of carbonyl (C=O) groups is 2. The van der Waals surface area contributed by atoms with Gasteiger partial charge in [-0.25, -0.2) is 9.59 Å². The van der Waals surface area contributed by atoms with E-state index in [-0.39, 0.29) is 29.6 Å². The Balaban J connectivity index is 0. The van der Waals surface area contributed by atoms with Crippen molar-refractivity contribution in [1.82, 2.24) is 0 Å². The summed E-state index contributed by atoms with van der Waals surface area (Å²) in [5, 5.41) is 17.1. The van der Waals surface area contributed by atoms with Crippen LogP contribution in [0.4, 0.5) is 0 Å². The number of esters is 2. The van der Waals surface area contributed by atoms with Crippen molar-refractivity contribution in [2.45, 2.75) is 26.1 Å². The van der Waals surface area contributed by atoms with Gasteiger partial charge in [-0.15, -0.1) is 0 Å². The fourth-order valence-corrected chi connectivity index (χ4v) is 0.270. The summed E-state index contributed by atoms with van der Waals surface area (Å²) in [5.74, 6) is -2.12. The summed E-state index contributed by atoms with van der Waals surface area (Å²) in [6.07, 6.45) is -2.70. The van der Waals surface area contributed by atoms with Crippen molar-refractivity contribution in [2.24, 2.45) is 0 Å². The summed E-state index contributed by atoms with van der Waals surface area (Å²) < 4.78 is 4.00. The second kappa shape index (κ2) is 6.56. The molecule has 0 spiro atoms.